The molecule has 32 heavy (non-hydrogen) atoms. The number of aromatic nitrogens is 1. The van der Waals surface area contributed by atoms with Gasteiger partial charge in [0.05, 0.1) is 5.57 Å². The fourth-order valence-electron chi connectivity index (χ4n) is 4.26. The number of carbonyl (C=O) groups excluding carboxylic acids is 3. The number of amides is 4. The highest BCUT2D eigenvalue weighted by molar-refractivity contribution is 6.36. The highest BCUT2D eigenvalue weighted by Gasteiger charge is 2.27. The van der Waals surface area contributed by atoms with Crippen molar-refractivity contribution in [2.45, 2.75) is 26.3 Å². The van der Waals surface area contributed by atoms with E-state index in [1.54, 1.807) is 18.2 Å². The molecular weight excluding hydrogens is 408 g/mol. The van der Waals surface area contributed by atoms with Crippen LogP contribution in [-0.2, 0) is 16.1 Å². The van der Waals surface area contributed by atoms with Crippen molar-refractivity contribution in [3.8, 4) is 0 Å². The van der Waals surface area contributed by atoms with Gasteiger partial charge in [0.2, 0.25) is 5.91 Å². The molecule has 1 fully saturated rings. The van der Waals surface area contributed by atoms with Gasteiger partial charge >= 0.3 is 6.03 Å². The summed E-state index contributed by atoms with van der Waals surface area (Å²) in [5.74, 6) is -0.0506. The predicted octanol–water partition coefficient (Wildman–Crippen LogP) is 2.35. The van der Waals surface area contributed by atoms with E-state index in [0.29, 0.717) is 29.1 Å². The summed E-state index contributed by atoms with van der Waals surface area (Å²) in [5, 5.41) is 8.42. The maximum atomic E-state index is 12.6. The average Bonchev–Trinajstić information content (AvgIpc) is 3.35. The lowest BCUT2D eigenvalue weighted by Crippen LogP contribution is -2.38. The maximum absolute atomic E-state index is 12.6. The van der Waals surface area contributed by atoms with E-state index >= 15 is 0 Å². The lowest BCUT2D eigenvalue weighted by atomic mass is 9.96. The highest BCUT2D eigenvalue weighted by atomic mass is 16.2. The molecule has 0 spiro atoms. The molecule has 4 amide bonds. The number of piperidine rings is 1. The SMILES string of the molecule is C/C(=C1\C(=O)Nc2ccc(NC(N)=O)cc21)c1cc(CNC(=O)C2CCN(C)CC2)c[nH]1. The fourth-order valence-corrected chi connectivity index (χ4v) is 4.26. The molecule has 1 aromatic carbocycles. The third-order valence-electron chi connectivity index (χ3n) is 6.11. The van der Waals surface area contributed by atoms with Gasteiger partial charge in [0.15, 0.2) is 0 Å². The van der Waals surface area contributed by atoms with Gasteiger partial charge in [-0.25, -0.2) is 4.79 Å². The quantitative estimate of drug-likeness (QED) is 0.460. The van der Waals surface area contributed by atoms with Crippen LogP contribution in [0.5, 0.6) is 0 Å². The number of carbonyl (C=O) groups is 3. The summed E-state index contributed by atoms with van der Waals surface area (Å²) in [6.07, 6.45) is 3.60. The summed E-state index contributed by atoms with van der Waals surface area (Å²) in [4.78, 5) is 41.7. The molecule has 2 aliphatic rings. The van der Waals surface area contributed by atoms with Gasteiger partial charge in [0, 0.05) is 41.3 Å². The molecule has 4 rings (SSSR count). The number of nitrogens with one attached hydrogen (secondary N) is 4. The van der Waals surface area contributed by atoms with E-state index in [4.69, 9.17) is 5.73 Å². The standard InChI is InChI=1S/C23H28N6O3/c1-13(20-17-10-16(27-23(24)32)3-4-18(17)28-22(20)31)19-9-14(11-25-19)12-26-21(30)15-5-7-29(2)8-6-15/h3-4,9-11,15,25H,5-8,12H2,1-2H3,(H,26,30)(H,28,31)(H3,24,27,32)/b20-13+. The minimum Gasteiger partial charge on any atom is -0.361 e. The van der Waals surface area contributed by atoms with Gasteiger partial charge in [-0.15, -0.1) is 0 Å². The Hall–Kier alpha value is -3.59. The van der Waals surface area contributed by atoms with Crippen molar-refractivity contribution in [3.63, 3.8) is 0 Å². The van der Waals surface area contributed by atoms with Crippen LogP contribution in [0.25, 0.3) is 11.1 Å². The number of nitrogens with two attached hydrogens (primary N) is 1. The number of likely N-dealkylation sites (tertiary alicyclic amines) is 1. The van der Waals surface area contributed by atoms with E-state index in [1.807, 2.05) is 19.2 Å². The van der Waals surface area contributed by atoms with Crippen molar-refractivity contribution in [2.75, 3.05) is 30.8 Å². The smallest absolute Gasteiger partial charge is 0.316 e. The average molecular weight is 437 g/mol. The summed E-state index contributed by atoms with van der Waals surface area (Å²) in [6, 6.07) is 6.41. The van der Waals surface area contributed by atoms with Gasteiger partial charge in [0.1, 0.15) is 0 Å². The van der Waals surface area contributed by atoms with Crippen molar-refractivity contribution < 1.29 is 14.4 Å². The number of primary amides is 1. The number of nitrogens with zero attached hydrogens (tertiary/aromatic N) is 1. The topological polar surface area (TPSA) is 132 Å². The Kier molecular flexibility index (Phi) is 6.00. The van der Waals surface area contributed by atoms with Crippen LogP contribution in [0, 0.1) is 5.92 Å². The molecule has 168 valence electrons. The van der Waals surface area contributed by atoms with E-state index in [9.17, 15) is 14.4 Å². The lowest BCUT2D eigenvalue weighted by Gasteiger charge is -2.27. The first-order valence-electron chi connectivity index (χ1n) is 10.7. The number of allylic oxidation sites excluding steroid dienone is 1. The summed E-state index contributed by atoms with van der Waals surface area (Å²) >= 11 is 0. The predicted molar refractivity (Wildman–Crippen MR) is 124 cm³/mol. The molecule has 2 aliphatic heterocycles. The molecule has 0 bridgehead atoms. The molecule has 9 nitrogen and oxygen atoms in total. The number of fused-ring (bicyclic) bond motifs is 1. The van der Waals surface area contributed by atoms with Crippen molar-refractivity contribution in [3.05, 3.63) is 47.3 Å². The number of rotatable bonds is 5. The Morgan fingerprint density at radius 3 is 2.69 bits per heavy atom. The summed E-state index contributed by atoms with van der Waals surface area (Å²) < 4.78 is 0. The number of benzene rings is 1. The van der Waals surface area contributed by atoms with E-state index < -0.39 is 6.03 Å². The molecule has 1 aromatic heterocycles. The van der Waals surface area contributed by atoms with Crippen LogP contribution < -0.4 is 21.7 Å². The van der Waals surface area contributed by atoms with Gasteiger partial charge in [-0.3, -0.25) is 9.59 Å². The normalized spacial score (nSPS) is 18.1. The van der Waals surface area contributed by atoms with Gasteiger partial charge in [0.25, 0.3) is 5.91 Å². The summed E-state index contributed by atoms with van der Waals surface area (Å²) in [5.41, 5.74) is 10.1. The van der Waals surface area contributed by atoms with E-state index in [2.05, 4.69) is 32.9 Å². The van der Waals surface area contributed by atoms with E-state index in [1.165, 1.54) is 0 Å². The third kappa shape index (κ3) is 4.52. The zero-order chi connectivity index (χ0) is 22.8. The molecule has 3 heterocycles. The largest absolute Gasteiger partial charge is 0.361 e. The number of aromatic amines is 1. The molecule has 9 heteroatoms. The van der Waals surface area contributed by atoms with Crippen molar-refractivity contribution >= 4 is 40.4 Å². The zero-order valence-electron chi connectivity index (χ0n) is 18.2. The van der Waals surface area contributed by atoms with E-state index in [-0.39, 0.29) is 17.7 Å². The highest BCUT2D eigenvalue weighted by Crippen LogP contribution is 2.38. The minimum absolute atomic E-state index is 0.0651. The Labute approximate surface area is 186 Å². The second kappa shape index (κ2) is 8.88. The molecule has 0 unspecified atom stereocenters. The van der Waals surface area contributed by atoms with Gasteiger partial charge in [-0.2, -0.15) is 0 Å². The van der Waals surface area contributed by atoms with E-state index in [0.717, 1.165) is 42.8 Å². The van der Waals surface area contributed by atoms with Crippen LogP contribution in [0.15, 0.2) is 30.5 Å². The number of hydrogen-bond donors (Lipinski definition) is 5. The Bertz CT molecular complexity index is 1090. The number of H-pyrrole nitrogens is 1. The Balaban J connectivity index is 1.49. The molecule has 0 radical (unpaired) electrons. The van der Waals surface area contributed by atoms with Gasteiger partial charge in [-0.05, 0) is 75.3 Å². The molecule has 6 N–H and O–H groups in total. The van der Waals surface area contributed by atoms with Gasteiger partial charge in [-0.1, -0.05) is 0 Å². The summed E-state index contributed by atoms with van der Waals surface area (Å²) in [7, 11) is 2.07. The number of hydrogen-bond acceptors (Lipinski definition) is 4. The van der Waals surface area contributed by atoms with Gasteiger partial charge < -0.3 is 31.6 Å². The third-order valence-corrected chi connectivity index (χ3v) is 6.11. The first kappa shape index (κ1) is 21.6. The first-order valence-corrected chi connectivity index (χ1v) is 10.7. The fraction of sp³-hybridized carbons (Fsp3) is 0.348. The van der Waals surface area contributed by atoms with Crippen LogP contribution in [0.4, 0.5) is 16.2 Å². The second-order valence-electron chi connectivity index (χ2n) is 8.42. The summed E-state index contributed by atoms with van der Waals surface area (Å²) in [6.45, 7) is 4.18. The Morgan fingerprint density at radius 2 is 1.97 bits per heavy atom. The Morgan fingerprint density at radius 1 is 1.22 bits per heavy atom. The van der Waals surface area contributed by atoms with Crippen LogP contribution >= 0.6 is 0 Å². The molecule has 0 atom stereocenters. The van der Waals surface area contributed by atoms with Crippen LogP contribution in [0.1, 0.15) is 36.6 Å². The molecule has 2 aromatic rings. The monoisotopic (exact) mass is 436 g/mol. The molecular formula is C23H28N6O3. The second-order valence-corrected chi connectivity index (χ2v) is 8.42. The van der Waals surface area contributed by atoms with Crippen LogP contribution in [0.2, 0.25) is 0 Å². The maximum Gasteiger partial charge on any atom is 0.316 e. The van der Waals surface area contributed by atoms with Crippen molar-refractivity contribution in [1.29, 1.82) is 0 Å². The molecule has 0 saturated carbocycles. The van der Waals surface area contributed by atoms with Crippen molar-refractivity contribution in [2.24, 2.45) is 11.7 Å². The minimum atomic E-state index is -0.666. The molecule has 1 saturated heterocycles. The molecule has 0 aliphatic carbocycles. The first-order chi connectivity index (χ1) is 15.3. The number of urea groups is 1. The lowest BCUT2D eigenvalue weighted by molar-refractivity contribution is -0.126. The van der Waals surface area contributed by atoms with Crippen LogP contribution in [0.3, 0.4) is 0 Å². The van der Waals surface area contributed by atoms with Crippen molar-refractivity contribution in [1.82, 2.24) is 15.2 Å². The zero-order valence-corrected chi connectivity index (χ0v) is 18.2. The number of anilines is 2. The van der Waals surface area contributed by atoms with Crippen LogP contribution in [-0.4, -0.2) is 47.9 Å².